The number of benzene rings is 1. The van der Waals surface area contributed by atoms with E-state index in [-0.39, 0.29) is 17.3 Å². The zero-order valence-electron chi connectivity index (χ0n) is 14.2. The number of nitrogens with one attached hydrogen (secondary N) is 2. The van der Waals surface area contributed by atoms with Crippen LogP contribution in [-0.4, -0.2) is 27.4 Å². The van der Waals surface area contributed by atoms with Crippen LogP contribution in [0.4, 0.5) is 18.9 Å². The lowest BCUT2D eigenvalue weighted by Crippen LogP contribution is -2.29. The van der Waals surface area contributed by atoms with Crippen LogP contribution >= 0.6 is 0 Å². The Balaban J connectivity index is 2.09. The van der Waals surface area contributed by atoms with Crippen LogP contribution in [0, 0.1) is 5.41 Å². The van der Waals surface area contributed by atoms with Crippen LogP contribution in [0.1, 0.15) is 28.8 Å². The quantitative estimate of drug-likeness (QED) is 0.407. The maximum atomic E-state index is 13.4. The number of hydrogen-bond acceptors (Lipinski definition) is 5. The Bertz CT molecular complexity index is 1050. The highest BCUT2D eigenvalue weighted by Gasteiger charge is 2.38. The highest BCUT2D eigenvalue weighted by molar-refractivity contribution is 6.05. The van der Waals surface area contributed by atoms with E-state index in [0.29, 0.717) is 47.0 Å². The molecular weight excluding hydrogens is 357 g/mol. The number of fused-ring (bicyclic) bond motifs is 3. The van der Waals surface area contributed by atoms with E-state index in [2.05, 4.69) is 15.2 Å². The molecule has 0 amide bonds. The first-order valence-electron chi connectivity index (χ1n) is 8.42. The molecular formula is C18H17F3N6. The van der Waals surface area contributed by atoms with Gasteiger partial charge in [0.15, 0.2) is 5.69 Å². The Hall–Kier alpha value is -2.94. The normalized spacial score (nSPS) is 17.1. The molecule has 1 aliphatic rings. The second-order valence-electron chi connectivity index (χ2n) is 6.67. The zero-order chi connectivity index (χ0) is 19.3. The molecule has 0 saturated carbocycles. The van der Waals surface area contributed by atoms with Gasteiger partial charge in [0.25, 0.3) is 0 Å². The minimum atomic E-state index is -4.60. The van der Waals surface area contributed by atoms with Crippen molar-refractivity contribution in [1.29, 1.82) is 5.41 Å². The number of aromatic amines is 1. The molecule has 0 spiro atoms. The van der Waals surface area contributed by atoms with Crippen LogP contribution in [-0.2, 0) is 19.0 Å². The number of rotatable bonds is 2. The first-order valence-corrected chi connectivity index (χ1v) is 8.42. The molecule has 9 heteroatoms. The van der Waals surface area contributed by atoms with Gasteiger partial charge >= 0.3 is 6.18 Å². The van der Waals surface area contributed by atoms with E-state index in [1.807, 2.05) is 0 Å². The molecule has 1 atom stereocenters. The van der Waals surface area contributed by atoms with Crippen molar-refractivity contribution in [2.45, 2.75) is 31.5 Å². The van der Waals surface area contributed by atoms with Gasteiger partial charge in [-0.3, -0.25) is 5.10 Å². The van der Waals surface area contributed by atoms with Crippen LogP contribution < -0.4 is 11.5 Å². The standard InChI is InChI=1S/C18H17F3N6/c19-18(20,21)17-12(7-25-27-17)16-10-5-8(23)1-2-9(10)15-11(6-22)13(24)3-4-14(15)26-16/h3-4,6-8,22H,1-2,5,23-24H2,(H,25,27). The van der Waals surface area contributed by atoms with E-state index >= 15 is 0 Å². The minimum absolute atomic E-state index is 0.0945. The molecule has 6 N–H and O–H groups in total. The van der Waals surface area contributed by atoms with Crippen LogP contribution in [0.25, 0.3) is 22.2 Å². The maximum Gasteiger partial charge on any atom is 0.435 e. The number of alkyl halides is 3. The maximum absolute atomic E-state index is 13.4. The van der Waals surface area contributed by atoms with Crippen molar-refractivity contribution in [3.05, 3.63) is 40.7 Å². The van der Waals surface area contributed by atoms with Crippen LogP contribution in [0.3, 0.4) is 0 Å². The molecule has 0 aliphatic heterocycles. The van der Waals surface area contributed by atoms with Crippen LogP contribution in [0.15, 0.2) is 18.3 Å². The fourth-order valence-electron chi connectivity index (χ4n) is 3.77. The van der Waals surface area contributed by atoms with Crippen molar-refractivity contribution in [3.63, 3.8) is 0 Å². The summed E-state index contributed by atoms with van der Waals surface area (Å²) in [4.78, 5) is 4.51. The number of aryl methyl sites for hydroxylation is 1. The number of halogens is 3. The molecule has 140 valence electrons. The molecule has 6 nitrogen and oxygen atoms in total. The lowest BCUT2D eigenvalue weighted by Gasteiger charge is -2.26. The van der Waals surface area contributed by atoms with Crippen molar-refractivity contribution >= 4 is 22.8 Å². The van der Waals surface area contributed by atoms with Gasteiger partial charge in [-0.05, 0) is 42.5 Å². The number of aromatic nitrogens is 3. The number of anilines is 1. The van der Waals surface area contributed by atoms with Crippen molar-refractivity contribution in [2.75, 3.05) is 5.73 Å². The molecule has 2 aromatic heterocycles. The fourth-order valence-corrected chi connectivity index (χ4v) is 3.77. The van der Waals surface area contributed by atoms with E-state index in [1.54, 1.807) is 12.1 Å². The van der Waals surface area contributed by atoms with E-state index < -0.39 is 11.9 Å². The van der Waals surface area contributed by atoms with E-state index in [1.165, 1.54) is 6.20 Å². The SMILES string of the molecule is N=Cc1c(N)ccc2nc(-c3c[nH]nc3C(F)(F)F)c3c(c12)CCC(N)C3. The molecule has 1 unspecified atom stereocenters. The molecule has 0 radical (unpaired) electrons. The van der Waals surface area contributed by atoms with E-state index in [4.69, 9.17) is 16.9 Å². The largest absolute Gasteiger partial charge is 0.435 e. The summed E-state index contributed by atoms with van der Waals surface area (Å²) in [6, 6.07) is 3.12. The monoisotopic (exact) mass is 374 g/mol. The predicted molar refractivity (Wildman–Crippen MR) is 96.6 cm³/mol. The molecule has 1 aromatic carbocycles. The Morgan fingerprint density at radius 2 is 2.04 bits per heavy atom. The third kappa shape index (κ3) is 2.74. The third-order valence-electron chi connectivity index (χ3n) is 4.98. The molecule has 1 aliphatic carbocycles. The van der Waals surface area contributed by atoms with Crippen molar-refractivity contribution in [1.82, 2.24) is 15.2 Å². The molecule has 0 fully saturated rings. The average molecular weight is 374 g/mol. The summed E-state index contributed by atoms with van der Waals surface area (Å²) in [5, 5.41) is 14.1. The number of nitrogen functional groups attached to an aromatic ring is 1. The summed E-state index contributed by atoms with van der Waals surface area (Å²) < 4.78 is 40.1. The lowest BCUT2D eigenvalue weighted by molar-refractivity contribution is -0.140. The summed E-state index contributed by atoms with van der Waals surface area (Å²) in [5.74, 6) is 0. The van der Waals surface area contributed by atoms with Crippen LogP contribution in [0.5, 0.6) is 0 Å². The second kappa shape index (κ2) is 6.05. The third-order valence-corrected chi connectivity index (χ3v) is 4.98. The number of nitrogens with two attached hydrogens (primary N) is 2. The Kier molecular flexibility index (Phi) is 3.92. The number of pyridine rings is 1. The predicted octanol–water partition coefficient (Wildman–Crippen LogP) is 3.04. The summed E-state index contributed by atoms with van der Waals surface area (Å²) in [6.07, 6.45) is -0.528. The minimum Gasteiger partial charge on any atom is -0.398 e. The lowest BCUT2D eigenvalue weighted by atomic mass is 9.83. The molecule has 0 bridgehead atoms. The van der Waals surface area contributed by atoms with Crippen molar-refractivity contribution < 1.29 is 13.2 Å². The van der Waals surface area contributed by atoms with Crippen molar-refractivity contribution in [3.8, 4) is 11.3 Å². The highest BCUT2D eigenvalue weighted by atomic mass is 19.4. The topological polar surface area (TPSA) is 117 Å². The van der Waals surface area contributed by atoms with Gasteiger partial charge in [-0.1, -0.05) is 0 Å². The average Bonchev–Trinajstić information content (AvgIpc) is 3.11. The molecule has 4 rings (SSSR count). The molecule has 3 aromatic rings. The van der Waals surface area contributed by atoms with Gasteiger partial charge in [0.2, 0.25) is 0 Å². The van der Waals surface area contributed by atoms with Gasteiger partial charge in [-0.25, -0.2) is 4.98 Å². The van der Waals surface area contributed by atoms with Crippen LogP contribution in [0.2, 0.25) is 0 Å². The molecule has 0 saturated heterocycles. The van der Waals surface area contributed by atoms with Gasteiger partial charge in [0.05, 0.1) is 16.8 Å². The Labute approximate surface area is 152 Å². The molecule has 2 heterocycles. The molecule has 27 heavy (non-hydrogen) atoms. The van der Waals surface area contributed by atoms with Crippen molar-refractivity contribution in [2.24, 2.45) is 5.73 Å². The fraction of sp³-hybridized carbons (Fsp3) is 0.278. The summed E-state index contributed by atoms with van der Waals surface area (Å²) in [6.45, 7) is 0. The first-order chi connectivity index (χ1) is 12.8. The first kappa shape index (κ1) is 17.5. The van der Waals surface area contributed by atoms with E-state index in [9.17, 15) is 13.2 Å². The van der Waals surface area contributed by atoms with Gasteiger partial charge in [0, 0.05) is 35.1 Å². The summed E-state index contributed by atoms with van der Waals surface area (Å²) >= 11 is 0. The number of nitrogens with zero attached hydrogens (tertiary/aromatic N) is 2. The zero-order valence-corrected chi connectivity index (χ0v) is 14.2. The summed E-state index contributed by atoms with van der Waals surface area (Å²) in [7, 11) is 0. The highest BCUT2D eigenvalue weighted by Crippen LogP contribution is 2.41. The second-order valence-corrected chi connectivity index (χ2v) is 6.67. The number of H-pyrrole nitrogens is 1. The van der Waals surface area contributed by atoms with Gasteiger partial charge < -0.3 is 16.9 Å². The van der Waals surface area contributed by atoms with Gasteiger partial charge in [-0.2, -0.15) is 18.3 Å². The Morgan fingerprint density at radius 1 is 1.26 bits per heavy atom. The number of hydrogen-bond donors (Lipinski definition) is 4. The van der Waals surface area contributed by atoms with Gasteiger partial charge in [-0.15, -0.1) is 0 Å². The summed E-state index contributed by atoms with van der Waals surface area (Å²) in [5.41, 5.74) is 14.2. The smallest absolute Gasteiger partial charge is 0.398 e. The Morgan fingerprint density at radius 3 is 2.74 bits per heavy atom. The van der Waals surface area contributed by atoms with Gasteiger partial charge in [0.1, 0.15) is 0 Å². The van der Waals surface area contributed by atoms with E-state index in [0.717, 1.165) is 11.8 Å².